The van der Waals surface area contributed by atoms with Crippen molar-refractivity contribution in [1.29, 1.82) is 0 Å². The molecule has 0 radical (unpaired) electrons. The highest BCUT2D eigenvalue weighted by Gasteiger charge is 2.25. The van der Waals surface area contributed by atoms with Gasteiger partial charge < -0.3 is 0 Å². The lowest BCUT2D eigenvalue weighted by Gasteiger charge is -2.33. The third-order valence-corrected chi connectivity index (χ3v) is 5.24. The van der Waals surface area contributed by atoms with E-state index in [9.17, 15) is 4.79 Å². The number of piperidine rings is 1. The molecule has 1 aliphatic rings. The molecular weight excluding hydrogens is 374 g/mol. The maximum atomic E-state index is 13.0. The van der Waals surface area contributed by atoms with Crippen molar-refractivity contribution >= 4 is 17.6 Å². The van der Waals surface area contributed by atoms with Crippen molar-refractivity contribution in [3.05, 3.63) is 59.6 Å². The second-order valence-electron chi connectivity index (χ2n) is 6.88. The van der Waals surface area contributed by atoms with Gasteiger partial charge in [0.2, 0.25) is 0 Å². The van der Waals surface area contributed by atoms with Crippen LogP contribution in [0.2, 0.25) is 5.02 Å². The fourth-order valence-corrected chi connectivity index (χ4v) is 3.54. The number of carbonyl (C=O) groups excluding carboxylic acids is 1. The summed E-state index contributed by atoms with van der Waals surface area (Å²) in [4.78, 5) is 14.2. The molecule has 7 heteroatoms. The molecule has 0 spiro atoms. The number of amides is 1. The van der Waals surface area contributed by atoms with Gasteiger partial charge in [0, 0.05) is 36.3 Å². The number of carbonyl (C=O) groups is 1. The van der Waals surface area contributed by atoms with Crippen LogP contribution in [-0.4, -0.2) is 51.2 Å². The average Bonchev–Trinajstić information content (AvgIpc) is 3.20. The van der Waals surface area contributed by atoms with Crippen molar-refractivity contribution in [3.63, 3.8) is 0 Å². The molecule has 4 rings (SSSR count). The van der Waals surface area contributed by atoms with Gasteiger partial charge in [0.15, 0.2) is 0 Å². The van der Waals surface area contributed by atoms with Gasteiger partial charge in [-0.1, -0.05) is 65.3 Å². The van der Waals surface area contributed by atoms with Gasteiger partial charge in [-0.15, -0.1) is 10.2 Å². The zero-order chi connectivity index (χ0) is 19.5. The SMILES string of the molecule is CN(C(=O)n1nc(-c2ccccc2)c(-c2ccc(Cl)cc2)n1)N1CCCCC1. The van der Waals surface area contributed by atoms with Crippen LogP contribution in [0.4, 0.5) is 4.79 Å². The molecule has 3 aromatic rings. The average molecular weight is 396 g/mol. The first kappa shape index (κ1) is 18.7. The minimum Gasteiger partial charge on any atom is -0.257 e. The van der Waals surface area contributed by atoms with Crippen LogP contribution in [-0.2, 0) is 0 Å². The van der Waals surface area contributed by atoms with Gasteiger partial charge in [-0.05, 0) is 25.0 Å². The zero-order valence-corrected chi connectivity index (χ0v) is 16.5. The Hall–Kier alpha value is -2.70. The van der Waals surface area contributed by atoms with E-state index in [0.29, 0.717) is 16.4 Å². The Morgan fingerprint density at radius 2 is 1.46 bits per heavy atom. The summed E-state index contributed by atoms with van der Waals surface area (Å²) in [6, 6.07) is 16.9. The first-order valence-corrected chi connectivity index (χ1v) is 9.83. The number of halogens is 1. The Bertz CT molecular complexity index is 949. The molecule has 6 nitrogen and oxygen atoms in total. The smallest absolute Gasteiger partial charge is 0.257 e. The number of hydrazine groups is 1. The molecule has 1 saturated heterocycles. The highest BCUT2D eigenvalue weighted by molar-refractivity contribution is 6.30. The Kier molecular flexibility index (Phi) is 5.41. The lowest BCUT2D eigenvalue weighted by Crippen LogP contribution is -2.48. The highest BCUT2D eigenvalue weighted by atomic mass is 35.5. The third kappa shape index (κ3) is 3.79. The predicted octanol–water partition coefficient (Wildman–Crippen LogP) is 4.57. The van der Waals surface area contributed by atoms with Crippen molar-refractivity contribution in [2.24, 2.45) is 0 Å². The minimum absolute atomic E-state index is 0.265. The summed E-state index contributed by atoms with van der Waals surface area (Å²) < 4.78 is 0. The first-order valence-electron chi connectivity index (χ1n) is 9.45. The first-order chi connectivity index (χ1) is 13.6. The molecule has 0 atom stereocenters. The van der Waals surface area contributed by atoms with Crippen LogP contribution in [0.1, 0.15) is 19.3 Å². The maximum Gasteiger partial charge on any atom is 0.376 e. The Balaban J connectivity index is 1.72. The largest absolute Gasteiger partial charge is 0.376 e. The molecular formula is C21H22ClN5O. The van der Waals surface area contributed by atoms with Gasteiger partial charge in [-0.2, -0.15) is 0 Å². The number of hydrogen-bond donors (Lipinski definition) is 0. The third-order valence-electron chi connectivity index (χ3n) is 4.98. The molecule has 0 N–H and O–H groups in total. The molecule has 2 heterocycles. The van der Waals surface area contributed by atoms with E-state index >= 15 is 0 Å². The summed E-state index contributed by atoms with van der Waals surface area (Å²) in [5, 5.41) is 13.4. The van der Waals surface area contributed by atoms with E-state index in [0.717, 1.165) is 37.1 Å². The van der Waals surface area contributed by atoms with E-state index in [-0.39, 0.29) is 6.03 Å². The molecule has 1 aromatic heterocycles. The monoisotopic (exact) mass is 395 g/mol. The lowest BCUT2D eigenvalue weighted by atomic mass is 10.1. The molecule has 144 valence electrons. The molecule has 0 saturated carbocycles. The van der Waals surface area contributed by atoms with E-state index in [2.05, 4.69) is 15.2 Å². The van der Waals surface area contributed by atoms with E-state index in [1.54, 1.807) is 12.1 Å². The topological polar surface area (TPSA) is 54.3 Å². The second-order valence-corrected chi connectivity index (χ2v) is 7.32. The van der Waals surface area contributed by atoms with Crippen molar-refractivity contribution < 1.29 is 4.79 Å². The lowest BCUT2D eigenvalue weighted by molar-refractivity contribution is 0.0171. The number of nitrogens with zero attached hydrogens (tertiary/aromatic N) is 5. The summed E-state index contributed by atoms with van der Waals surface area (Å²) in [5.41, 5.74) is 3.10. The summed E-state index contributed by atoms with van der Waals surface area (Å²) in [5.74, 6) is 0. The van der Waals surface area contributed by atoms with Gasteiger partial charge in [-0.3, -0.25) is 5.01 Å². The van der Waals surface area contributed by atoms with Crippen molar-refractivity contribution in [2.45, 2.75) is 19.3 Å². The van der Waals surface area contributed by atoms with Crippen LogP contribution in [0.5, 0.6) is 0 Å². The molecule has 2 aromatic carbocycles. The van der Waals surface area contributed by atoms with Crippen molar-refractivity contribution in [3.8, 4) is 22.5 Å². The zero-order valence-electron chi connectivity index (χ0n) is 15.8. The molecule has 0 bridgehead atoms. The highest BCUT2D eigenvalue weighted by Crippen LogP contribution is 2.29. The van der Waals surface area contributed by atoms with Gasteiger partial charge in [-0.25, -0.2) is 9.80 Å². The van der Waals surface area contributed by atoms with E-state index < -0.39 is 0 Å². The van der Waals surface area contributed by atoms with Gasteiger partial charge in [0.1, 0.15) is 11.4 Å². The summed E-state index contributed by atoms with van der Waals surface area (Å²) >= 11 is 6.03. The number of hydrogen-bond acceptors (Lipinski definition) is 4. The summed E-state index contributed by atoms with van der Waals surface area (Å²) in [7, 11) is 1.78. The van der Waals surface area contributed by atoms with Crippen LogP contribution in [0.15, 0.2) is 54.6 Å². The van der Waals surface area contributed by atoms with Crippen molar-refractivity contribution in [2.75, 3.05) is 20.1 Å². The predicted molar refractivity (Wildman–Crippen MR) is 110 cm³/mol. The van der Waals surface area contributed by atoms with E-state index in [4.69, 9.17) is 11.6 Å². The fraction of sp³-hybridized carbons (Fsp3) is 0.286. The molecule has 1 aliphatic heterocycles. The normalized spacial score (nSPS) is 14.8. The van der Waals surface area contributed by atoms with E-state index in [1.165, 1.54) is 11.2 Å². The van der Waals surface area contributed by atoms with Gasteiger partial charge >= 0.3 is 6.03 Å². The van der Waals surface area contributed by atoms with Gasteiger partial charge in [0.05, 0.1) is 0 Å². The number of aromatic nitrogens is 3. The standard InChI is InChI=1S/C21H22ClN5O/c1-25(26-14-6-3-7-15-26)21(28)27-23-19(16-8-4-2-5-9-16)20(24-27)17-10-12-18(22)13-11-17/h2,4-5,8-13H,3,6-7,14-15H2,1H3. The van der Waals surface area contributed by atoms with E-state index in [1.807, 2.05) is 54.6 Å². The van der Waals surface area contributed by atoms with Crippen LogP contribution < -0.4 is 0 Å². The van der Waals surface area contributed by atoms with Crippen LogP contribution in [0.25, 0.3) is 22.5 Å². The van der Waals surface area contributed by atoms with Crippen LogP contribution >= 0.6 is 11.6 Å². The molecule has 28 heavy (non-hydrogen) atoms. The molecule has 0 aliphatic carbocycles. The summed E-state index contributed by atoms with van der Waals surface area (Å²) in [6.07, 6.45) is 3.39. The molecule has 1 amide bonds. The molecule has 0 unspecified atom stereocenters. The molecule has 1 fully saturated rings. The maximum absolute atomic E-state index is 13.0. The Morgan fingerprint density at radius 3 is 2.07 bits per heavy atom. The van der Waals surface area contributed by atoms with Crippen molar-refractivity contribution in [1.82, 2.24) is 25.0 Å². The number of benzene rings is 2. The second kappa shape index (κ2) is 8.12. The van der Waals surface area contributed by atoms with Crippen LogP contribution in [0, 0.1) is 0 Å². The number of rotatable bonds is 3. The summed E-state index contributed by atoms with van der Waals surface area (Å²) in [6.45, 7) is 1.75. The quantitative estimate of drug-likeness (QED) is 0.652. The Morgan fingerprint density at radius 1 is 0.893 bits per heavy atom. The minimum atomic E-state index is -0.265. The van der Waals surface area contributed by atoms with Gasteiger partial charge in [0.25, 0.3) is 0 Å². The fourth-order valence-electron chi connectivity index (χ4n) is 3.41. The van der Waals surface area contributed by atoms with Crippen LogP contribution in [0.3, 0.4) is 0 Å². The Labute approximate surface area is 169 Å².